The van der Waals surface area contributed by atoms with Crippen molar-refractivity contribution in [1.29, 1.82) is 0 Å². The Balaban J connectivity index is 2.06. The highest BCUT2D eigenvalue weighted by Gasteiger charge is 2.28. The number of amides is 1. The molecule has 0 atom stereocenters. The molecule has 2 heterocycles. The zero-order chi connectivity index (χ0) is 14.8. The molecule has 0 fully saturated rings. The number of carbonyl (C=O) groups is 1. The standard InChI is InChI=1S/C16H17NO4/c1-19-11-9-13-12(15(10-11)20-2)5-3-7-17(13)16(18)14-6-4-8-21-14/h4,6,8-10H,3,5,7H2,1-2H3. The van der Waals surface area contributed by atoms with Crippen molar-refractivity contribution in [3.05, 3.63) is 41.9 Å². The monoisotopic (exact) mass is 287 g/mol. The zero-order valence-corrected chi connectivity index (χ0v) is 12.1. The average Bonchev–Trinajstić information content (AvgIpc) is 3.06. The predicted octanol–water partition coefficient (Wildman–Crippen LogP) is 2.89. The highest BCUT2D eigenvalue weighted by Crippen LogP contribution is 2.38. The quantitative estimate of drug-likeness (QED) is 0.871. The Bertz CT molecular complexity index is 649. The maximum Gasteiger partial charge on any atom is 0.293 e. The van der Waals surface area contributed by atoms with Gasteiger partial charge in [-0.1, -0.05) is 0 Å². The van der Waals surface area contributed by atoms with Crippen molar-refractivity contribution < 1.29 is 18.7 Å². The van der Waals surface area contributed by atoms with Crippen molar-refractivity contribution in [2.24, 2.45) is 0 Å². The number of nitrogens with zero attached hydrogens (tertiary/aromatic N) is 1. The van der Waals surface area contributed by atoms with E-state index in [4.69, 9.17) is 13.9 Å². The maximum absolute atomic E-state index is 12.6. The van der Waals surface area contributed by atoms with Crippen molar-refractivity contribution in [2.45, 2.75) is 12.8 Å². The van der Waals surface area contributed by atoms with Crippen molar-refractivity contribution in [1.82, 2.24) is 0 Å². The van der Waals surface area contributed by atoms with E-state index in [1.807, 2.05) is 12.1 Å². The summed E-state index contributed by atoms with van der Waals surface area (Å²) in [6.07, 6.45) is 3.27. The van der Waals surface area contributed by atoms with Gasteiger partial charge in [-0.3, -0.25) is 4.79 Å². The highest BCUT2D eigenvalue weighted by atomic mass is 16.5. The summed E-state index contributed by atoms with van der Waals surface area (Å²) in [5, 5.41) is 0. The Morgan fingerprint density at radius 2 is 2.14 bits per heavy atom. The molecule has 1 aliphatic heterocycles. The number of furan rings is 1. The van der Waals surface area contributed by atoms with Gasteiger partial charge in [-0.2, -0.15) is 0 Å². The molecular weight excluding hydrogens is 270 g/mol. The van der Waals surface area contributed by atoms with Crippen LogP contribution >= 0.6 is 0 Å². The van der Waals surface area contributed by atoms with Gasteiger partial charge < -0.3 is 18.8 Å². The van der Waals surface area contributed by atoms with Crippen LogP contribution in [0.3, 0.4) is 0 Å². The van der Waals surface area contributed by atoms with E-state index in [2.05, 4.69) is 0 Å². The molecule has 1 aromatic heterocycles. The van der Waals surface area contributed by atoms with Crippen LogP contribution in [0.25, 0.3) is 0 Å². The molecule has 21 heavy (non-hydrogen) atoms. The van der Waals surface area contributed by atoms with Crippen LogP contribution < -0.4 is 14.4 Å². The minimum absolute atomic E-state index is 0.142. The van der Waals surface area contributed by atoms with Crippen LogP contribution in [0.4, 0.5) is 5.69 Å². The van der Waals surface area contributed by atoms with Crippen LogP contribution in [0.2, 0.25) is 0 Å². The lowest BCUT2D eigenvalue weighted by atomic mass is 10.00. The normalized spacial score (nSPS) is 13.7. The lowest BCUT2D eigenvalue weighted by Gasteiger charge is -2.30. The molecule has 0 bridgehead atoms. The van der Waals surface area contributed by atoms with E-state index in [0.29, 0.717) is 18.1 Å². The number of anilines is 1. The average molecular weight is 287 g/mol. The zero-order valence-electron chi connectivity index (χ0n) is 12.1. The third-order valence-corrected chi connectivity index (χ3v) is 3.69. The van der Waals surface area contributed by atoms with Gasteiger partial charge in [0.1, 0.15) is 11.5 Å². The van der Waals surface area contributed by atoms with Gasteiger partial charge in [0.15, 0.2) is 5.76 Å². The Morgan fingerprint density at radius 1 is 1.29 bits per heavy atom. The Hall–Kier alpha value is -2.43. The van der Waals surface area contributed by atoms with E-state index in [-0.39, 0.29) is 5.91 Å². The molecule has 0 saturated carbocycles. The smallest absolute Gasteiger partial charge is 0.293 e. The number of rotatable bonds is 3. The van der Waals surface area contributed by atoms with Gasteiger partial charge in [0.2, 0.25) is 0 Å². The van der Waals surface area contributed by atoms with Crippen molar-refractivity contribution in [2.75, 3.05) is 25.7 Å². The fourth-order valence-corrected chi connectivity index (χ4v) is 2.68. The number of methoxy groups -OCH3 is 2. The van der Waals surface area contributed by atoms with Gasteiger partial charge in [0, 0.05) is 24.2 Å². The topological polar surface area (TPSA) is 51.9 Å². The molecule has 5 heteroatoms. The molecule has 0 saturated heterocycles. The lowest BCUT2D eigenvalue weighted by Crippen LogP contribution is -2.35. The molecule has 0 radical (unpaired) electrons. The summed E-state index contributed by atoms with van der Waals surface area (Å²) < 4.78 is 16.0. The summed E-state index contributed by atoms with van der Waals surface area (Å²) in [5.41, 5.74) is 1.86. The van der Waals surface area contributed by atoms with E-state index in [1.54, 1.807) is 31.3 Å². The molecule has 1 aromatic carbocycles. The lowest BCUT2D eigenvalue weighted by molar-refractivity contribution is 0.0958. The summed E-state index contributed by atoms with van der Waals surface area (Å²) >= 11 is 0. The summed E-state index contributed by atoms with van der Waals surface area (Å²) in [4.78, 5) is 14.3. The molecule has 110 valence electrons. The molecule has 0 N–H and O–H groups in total. The first-order valence-corrected chi connectivity index (χ1v) is 6.85. The van der Waals surface area contributed by atoms with Gasteiger partial charge in [0.05, 0.1) is 26.2 Å². The number of fused-ring (bicyclic) bond motifs is 1. The number of hydrogen-bond acceptors (Lipinski definition) is 4. The molecule has 5 nitrogen and oxygen atoms in total. The first kappa shape index (κ1) is 13.5. The van der Waals surface area contributed by atoms with E-state index in [1.165, 1.54) is 6.26 Å². The minimum atomic E-state index is -0.142. The Morgan fingerprint density at radius 3 is 2.81 bits per heavy atom. The molecule has 1 amide bonds. The highest BCUT2D eigenvalue weighted by molar-refractivity contribution is 6.05. The molecular formula is C16H17NO4. The summed E-state index contributed by atoms with van der Waals surface area (Å²) in [6, 6.07) is 7.11. The molecule has 2 aromatic rings. The molecule has 0 aliphatic carbocycles. The second-order valence-electron chi connectivity index (χ2n) is 4.86. The summed E-state index contributed by atoms with van der Waals surface area (Å²) in [5.74, 6) is 1.62. The molecule has 1 aliphatic rings. The van der Waals surface area contributed by atoms with Crippen LogP contribution in [0, 0.1) is 0 Å². The van der Waals surface area contributed by atoms with Crippen LogP contribution in [-0.4, -0.2) is 26.7 Å². The first-order valence-electron chi connectivity index (χ1n) is 6.85. The molecule has 0 spiro atoms. The number of carbonyl (C=O) groups excluding carboxylic acids is 1. The number of ether oxygens (including phenoxy) is 2. The largest absolute Gasteiger partial charge is 0.497 e. The van der Waals surface area contributed by atoms with Gasteiger partial charge >= 0.3 is 0 Å². The Kier molecular flexibility index (Phi) is 3.56. The number of benzene rings is 1. The third kappa shape index (κ3) is 2.35. The maximum atomic E-state index is 12.6. The predicted molar refractivity (Wildman–Crippen MR) is 78.3 cm³/mol. The second-order valence-corrected chi connectivity index (χ2v) is 4.86. The Labute approximate surface area is 123 Å². The SMILES string of the molecule is COc1cc(OC)c2c(c1)N(C(=O)c1ccco1)CCC2. The molecule has 0 unspecified atom stereocenters. The minimum Gasteiger partial charge on any atom is -0.497 e. The van der Waals surface area contributed by atoms with Crippen molar-refractivity contribution in [3.8, 4) is 11.5 Å². The van der Waals surface area contributed by atoms with Crippen molar-refractivity contribution >= 4 is 11.6 Å². The van der Waals surface area contributed by atoms with Crippen LogP contribution in [0.1, 0.15) is 22.5 Å². The summed E-state index contributed by atoms with van der Waals surface area (Å²) in [7, 11) is 3.23. The van der Waals surface area contributed by atoms with Crippen molar-refractivity contribution in [3.63, 3.8) is 0 Å². The van der Waals surface area contributed by atoms with Crippen LogP contribution in [0.5, 0.6) is 11.5 Å². The molecule has 3 rings (SSSR count). The van der Waals surface area contributed by atoms with Gasteiger partial charge in [-0.15, -0.1) is 0 Å². The van der Waals surface area contributed by atoms with Crippen LogP contribution in [-0.2, 0) is 6.42 Å². The number of hydrogen-bond donors (Lipinski definition) is 0. The van der Waals surface area contributed by atoms with E-state index < -0.39 is 0 Å². The van der Waals surface area contributed by atoms with Gasteiger partial charge in [0.25, 0.3) is 5.91 Å². The van der Waals surface area contributed by atoms with E-state index in [9.17, 15) is 4.79 Å². The van der Waals surface area contributed by atoms with Gasteiger partial charge in [-0.05, 0) is 25.0 Å². The van der Waals surface area contributed by atoms with E-state index >= 15 is 0 Å². The van der Waals surface area contributed by atoms with Crippen LogP contribution in [0.15, 0.2) is 34.9 Å². The van der Waals surface area contributed by atoms with Gasteiger partial charge in [-0.25, -0.2) is 0 Å². The first-order chi connectivity index (χ1) is 10.2. The fraction of sp³-hybridized carbons (Fsp3) is 0.312. The van der Waals surface area contributed by atoms with E-state index in [0.717, 1.165) is 29.8 Å². The summed E-state index contributed by atoms with van der Waals surface area (Å²) in [6.45, 7) is 0.656. The second kappa shape index (κ2) is 5.52. The fourth-order valence-electron chi connectivity index (χ4n) is 2.68. The third-order valence-electron chi connectivity index (χ3n) is 3.69.